The number of aryl methyl sites for hydroxylation is 1. The molecule has 2 rings (SSSR count). The highest BCUT2D eigenvalue weighted by atomic mass is 16.2. The zero-order valence-electron chi connectivity index (χ0n) is 12.7. The molecule has 5 nitrogen and oxygen atoms in total. The zero-order valence-corrected chi connectivity index (χ0v) is 12.7. The van der Waals surface area contributed by atoms with E-state index in [2.05, 4.69) is 18.3 Å². The topological polar surface area (TPSA) is 75.4 Å². The number of carbonyl (C=O) groups excluding carboxylic acids is 2. The van der Waals surface area contributed by atoms with Crippen molar-refractivity contribution in [2.45, 2.75) is 26.7 Å². The van der Waals surface area contributed by atoms with Crippen LogP contribution < -0.4 is 11.1 Å². The molecular weight excluding hydrogens is 266 g/mol. The molecule has 0 bridgehead atoms. The summed E-state index contributed by atoms with van der Waals surface area (Å²) in [6.45, 7) is 5.60. The van der Waals surface area contributed by atoms with Crippen molar-refractivity contribution >= 4 is 17.5 Å². The summed E-state index contributed by atoms with van der Waals surface area (Å²) in [5, 5.41) is 3.20. The van der Waals surface area contributed by atoms with Gasteiger partial charge < -0.3 is 16.0 Å². The van der Waals surface area contributed by atoms with Crippen LogP contribution in [0, 0.1) is 19.8 Å². The summed E-state index contributed by atoms with van der Waals surface area (Å²) in [5.74, 6) is -0.268. The summed E-state index contributed by atoms with van der Waals surface area (Å²) in [6, 6.07) is 6.01. The fourth-order valence-electron chi connectivity index (χ4n) is 2.64. The molecule has 1 aliphatic heterocycles. The third-order valence-corrected chi connectivity index (χ3v) is 4.28. The van der Waals surface area contributed by atoms with Gasteiger partial charge in [-0.1, -0.05) is 12.1 Å². The van der Waals surface area contributed by atoms with Crippen LogP contribution >= 0.6 is 0 Å². The SMILES string of the molecule is Cc1cccc(NCC(=O)N2CCC(C(N)=O)CC2)c1C. The third-order valence-electron chi connectivity index (χ3n) is 4.28. The average Bonchev–Trinajstić information content (AvgIpc) is 2.48. The summed E-state index contributed by atoms with van der Waals surface area (Å²) in [7, 11) is 0. The minimum absolute atomic E-state index is 0.0684. The number of anilines is 1. The van der Waals surface area contributed by atoms with Crippen LogP contribution in [0.1, 0.15) is 24.0 Å². The molecule has 0 unspecified atom stereocenters. The van der Waals surface area contributed by atoms with Gasteiger partial charge in [0.2, 0.25) is 11.8 Å². The second-order valence-electron chi connectivity index (χ2n) is 5.66. The number of nitrogens with zero attached hydrogens (tertiary/aromatic N) is 1. The fraction of sp³-hybridized carbons (Fsp3) is 0.500. The first kappa shape index (κ1) is 15.4. The second-order valence-corrected chi connectivity index (χ2v) is 5.66. The Bertz CT molecular complexity index is 534. The van der Waals surface area contributed by atoms with Crippen LogP contribution in [0.25, 0.3) is 0 Å². The van der Waals surface area contributed by atoms with Gasteiger partial charge in [0.1, 0.15) is 0 Å². The van der Waals surface area contributed by atoms with Gasteiger partial charge in [-0.3, -0.25) is 9.59 Å². The van der Waals surface area contributed by atoms with Crippen LogP contribution in [-0.2, 0) is 9.59 Å². The Morgan fingerprint density at radius 2 is 1.95 bits per heavy atom. The Morgan fingerprint density at radius 1 is 1.29 bits per heavy atom. The molecule has 0 saturated carbocycles. The van der Waals surface area contributed by atoms with E-state index in [-0.39, 0.29) is 24.3 Å². The summed E-state index contributed by atoms with van der Waals surface area (Å²) in [5.41, 5.74) is 8.66. The molecule has 0 radical (unpaired) electrons. The van der Waals surface area contributed by atoms with Gasteiger partial charge in [-0.25, -0.2) is 0 Å². The van der Waals surface area contributed by atoms with Gasteiger partial charge >= 0.3 is 0 Å². The Labute approximate surface area is 125 Å². The molecule has 2 amide bonds. The lowest BCUT2D eigenvalue weighted by molar-refractivity contribution is -0.133. The summed E-state index contributed by atoms with van der Waals surface area (Å²) < 4.78 is 0. The lowest BCUT2D eigenvalue weighted by atomic mass is 9.96. The number of hydrogen-bond donors (Lipinski definition) is 2. The first-order chi connectivity index (χ1) is 9.99. The van der Waals surface area contributed by atoms with Crippen molar-refractivity contribution < 1.29 is 9.59 Å². The normalized spacial score (nSPS) is 15.8. The minimum Gasteiger partial charge on any atom is -0.376 e. The summed E-state index contributed by atoms with van der Waals surface area (Å²) in [6.07, 6.45) is 1.34. The largest absolute Gasteiger partial charge is 0.376 e. The number of likely N-dealkylation sites (tertiary alicyclic amines) is 1. The standard InChI is InChI=1S/C16H23N3O2/c1-11-4-3-5-14(12(11)2)18-10-15(20)19-8-6-13(7-9-19)16(17)21/h3-5,13,18H,6-10H2,1-2H3,(H2,17,21). The molecule has 1 fully saturated rings. The number of nitrogens with one attached hydrogen (secondary N) is 1. The van der Waals surface area contributed by atoms with Crippen LogP contribution in [0.3, 0.4) is 0 Å². The molecule has 1 heterocycles. The molecule has 1 aromatic rings. The molecule has 0 spiro atoms. The van der Waals surface area contributed by atoms with Gasteiger partial charge in [0.25, 0.3) is 0 Å². The highest BCUT2D eigenvalue weighted by Crippen LogP contribution is 2.19. The van der Waals surface area contributed by atoms with Crippen molar-refractivity contribution in [2.75, 3.05) is 25.0 Å². The van der Waals surface area contributed by atoms with Gasteiger partial charge in [0, 0.05) is 24.7 Å². The summed E-state index contributed by atoms with van der Waals surface area (Å²) >= 11 is 0. The molecule has 0 atom stereocenters. The van der Waals surface area contributed by atoms with Gasteiger partial charge in [-0.15, -0.1) is 0 Å². The van der Waals surface area contributed by atoms with E-state index >= 15 is 0 Å². The fourth-order valence-corrected chi connectivity index (χ4v) is 2.64. The number of carbonyl (C=O) groups is 2. The van der Waals surface area contributed by atoms with Gasteiger partial charge in [-0.05, 0) is 43.9 Å². The number of amides is 2. The number of nitrogens with two attached hydrogens (primary N) is 1. The van der Waals surface area contributed by atoms with E-state index < -0.39 is 0 Å². The highest BCUT2D eigenvalue weighted by molar-refractivity contribution is 5.82. The van der Waals surface area contributed by atoms with Crippen molar-refractivity contribution in [3.8, 4) is 0 Å². The molecule has 114 valence electrons. The highest BCUT2D eigenvalue weighted by Gasteiger charge is 2.25. The van der Waals surface area contributed by atoms with E-state index in [0.29, 0.717) is 25.9 Å². The molecular formula is C16H23N3O2. The van der Waals surface area contributed by atoms with Crippen LogP contribution in [0.15, 0.2) is 18.2 Å². The molecule has 21 heavy (non-hydrogen) atoms. The number of piperidine rings is 1. The van der Waals surface area contributed by atoms with Crippen LogP contribution in [-0.4, -0.2) is 36.3 Å². The van der Waals surface area contributed by atoms with E-state index in [1.54, 1.807) is 4.90 Å². The number of hydrogen-bond acceptors (Lipinski definition) is 3. The predicted octanol–water partition coefficient (Wildman–Crippen LogP) is 1.44. The van der Waals surface area contributed by atoms with Crippen LogP contribution in [0.5, 0.6) is 0 Å². The van der Waals surface area contributed by atoms with E-state index in [1.165, 1.54) is 5.56 Å². The maximum atomic E-state index is 12.2. The first-order valence-corrected chi connectivity index (χ1v) is 7.36. The number of primary amides is 1. The van der Waals surface area contributed by atoms with Crippen LogP contribution in [0.2, 0.25) is 0 Å². The summed E-state index contributed by atoms with van der Waals surface area (Å²) in [4.78, 5) is 25.1. The molecule has 1 saturated heterocycles. The van der Waals surface area contributed by atoms with Gasteiger partial charge in [-0.2, -0.15) is 0 Å². The van der Waals surface area contributed by atoms with E-state index in [0.717, 1.165) is 11.3 Å². The number of rotatable bonds is 4. The van der Waals surface area contributed by atoms with Gasteiger partial charge in [0.15, 0.2) is 0 Å². The Kier molecular flexibility index (Phi) is 4.83. The quantitative estimate of drug-likeness (QED) is 0.880. The maximum absolute atomic E-state index is 12.2. The third kappa shape index (κ3) is 3.74. The zero-order chi connectivity index (χ0) is 15.4. The smallest absolute Gasteiger partial charge is 0.241 e. The van der Waals surface area contributed by atoms with Gasteiger partial charge in [0.05, 0.1) is 6.54 Å². The van der Waals surface area contributed by atoms with E-state index in [9.17, 15) is 9.59 Å². The van der Waals surface area contributed by atoms with E-state index in [4.69, 9.17) is 5.73 Å². The average molecular weight is 289 g/mol. The monoisotopic (exact) mass is 289 g/mol. The molecule has 0 aromatic heterocycles. The molecule has 5 heteroatoms. The Morgan fingerprint density at radius 3 is 2.57 bits per heavy atom. The van der Waals surface area contributed by atoms with Crippen molar-refractivity contribution in [2.24, 2.45) is 11.7 Å². The van der Waals surface area contributed by atoms with Crippen molar-refractivity contribution in [1.29, 1.82) is 0 Å². The van der Waals surface area contributed by atoms with Crippen molar-refractivity contribution in [1.82, 2.24) is 4.90 Å². The molecule has 0 aliphatic carbocycles. The number of benzene rings is 1. The molecule has 1 aliphatic rings. The van der Waals surface area contributed by atoms with Crippen molar-refractivity contribution in [3.05, 3.63) is 29.3 Å². The predicted molar refractivity (Wildman–Crippen MR) is 82.9 cm³/mol. The minimum atomic E-state index is -0.254. The lowest BCUT2D eigenvalue weighted by Gasteiger charge is -2.30. The molecule has 1 aromatic carbocycles. The molecule has 3 N–H and O–H groups in total. The van der Waals surface area contributed by atoms with E-state index in [1.807, 2.05) is 19.1 Å². The maximum Gasteiger partial charge on any atom is 0.241 e. The van der Waals surface area contributed by atoms with Crippen molar-refractivity contribution in [3.63, 3.8) is 0 Å². The Hall–Kier alpha value is -2.04. The second kappa shape index (κ2) is 6.61. The lowest BCUT2D eigenvalue weighted by Crippen LogP contribution is -2.43. The van der Waals surface area contributed by atoms with Crippen LogP contribution in [0.4, 0.5) is 5.69 Å². The Balaban J connectivity index is 1.85. The first-order valence-electron chi connectivity index (χ1n) is 7.36.